The molecule has 2 atom stereocenters. The number of halogens is 1. The van der Waals surface area contributed by atoms with Gasteiger partial charge in [0.1, 0.15) is 0 Å². The van der Waals surface area contributed by atoms with Gasteiger partial charge in [-0.15, -0.1) is 0 Å². The average Bonchev–Trinajstić information content (AvgIpc) is 3.24. The Balaban J connectivity index is 2.05. The van der Waals surface area contributed by atoms with Gasteiger partial charge in [0.15, 0.2) is 0 Å². The number of hydrogen-bond donors (Lipinski definition) is 1. The van der Waals surface area contributed by atoms with Crippen LogP contribution in [0.5, 0.6) is 0 Å². The van der Waals surface area contributed by atoms with Crippen molar-refractivity contribution in [1.29, 1.82) is 0 Å². The van der Waals surface area contributed by atoms with E-state index in [4.69, 9.17) is 0 Å². The fourth-order valence-corrected chi connectivity index (χ4v) is 3.52. The Labute approximate surface area is 131 Å². The highest BCUT2D eigenvalue weighted by Crippen LogP contribution is 2.42. The zero-order chi connectivity index (χ0) is 15.0. The summed E-state index contributed by atoms with van der Waals surface area (Å²) < 4.78 is 0.802. The molecule has 2 fully saturated rings. The van der Waals surface area contributed by atoms with Gasteiger partial charge in [0, 0.05) is 29.3 Å². The highest BCUT2D eigenvalue weighted by Gasteiger charge is 2.45. The van der Waals surface area contributed by atoms with Crippen molar-refractivity contribution in [1.82, 2.24) is 9.88 Å². The summed E-state index contributed by atoms with van der Waals surface area (Å²) in [6.07, 6.45) is 6.89. The van der Waals surface area contributed by atoms with E-state index >= 15 is 0 Å². The lowest BCUT2D eigenvalue weighted by Crippen LogP contribution is -2.40. The van der Waals surface area contributed by atoms with Crippen LogP contribution in [-0.2, 0) is 9.59 Å². The number of hydrogen-bond acceptors (Lipinski definition) is 3. The lowest BCUT2D eigenvalue weighted by molar-refractivity contribution is -0.146. The molecule has 0 bridgehead atoms. The zero-order valence-corrected chi connectivity index (χ0v) is 13.1. The SMILES string of the molecule is O=C(O)C1CCCC(=O)N(C2CC2)C1c1cncc(Br)c1. The number of aliphatic carboxylic acids is 1. The second kappa shape index (κ2) is 5.75. The molecule has 6 heteroatoms. The van der Waals surface area contributed by atoms with Gasteiger partial charge in [-0.1, -0.05) is 0 Å². The highest BCUT2D eigenvalue weighted by atomic mass is 79.9. The molecule has 1 aromatic rings. The molecule has 5 nitrogen and oxygen atoms in total. The molecule has 2 unspecified atom stereocenters. The van der Waals surface area contributed by atoms with Gasteiger partial charge < -0.3 is 10.0 Å². The number of carbonyl (C=O) groups excluding carboxylic acids is 1. The second-order valence-electron chi connectivity index (χ2n) is 5.75. The van der Waals surface area contributed by atoms with Crippen molar-refractivity contribution in [3.05, 3.63) is 28.5 Å². The van der Waals surface area contributed by atoms with Crippen LogP contribution in [0.2, 0.25) is 0 Å². The third-order valence-electron chi connectivity index (χ3n) is 4.20. The van der Waals surface area contributed by atoms with Crippen LogP contribution >= 0.6 is 15.9 Å². The first kappa shape index (κ1) is 14.5. The van der Waals surface area contributed by atoms with Gasteiger partial charge in [-0.2, -0.15) is 0 Å². The number of carboxylic acids is 1. The Morgan fingerprint density at radius 1 is 1.33 bits per heavy atom. The number of carboxylic acid groups (broad SMARTS) is 1. The summed E-state index contributed by atoms with van der Waals surface area (Å²) in [6.45, 7) is 0. The summed E-state index contributed by atoms with van der Waals surface area (Å²) in [5.74, 6) is -1.32. The third kappa shape index (κ3) is 2.95. The molecular formula is C15H17BrN2O3. The smallest absolute Gasteiger partial charge is 0.308 e. The van der Waals surface area contributed by atoms with E-state index in [2.05, 4.69) is 20.9 Å². The standard InChI is InChI=1S/C15H17BrN2O3/c16-10-6-9(7-17-8-10)14-12(15(20)21)2-1-3-13(19)18(14)11-4-5-11/h6-8,11-12,14H,1-5H2,(H,20,21). The van der Waals surface area contributed by atoms with Crippen molar-refractivity contribution in [2.45, 2.75) is 44.2 Å². The van der Waals surface area contributed by atoms with Crippen molar-refractivity contribution < 1.29 is 14.7 Å². The maximum Gasteiger partial charge on any atom is 0.308 e. The monoisotopic (exact) mass is 352 g/mol. The maximum absolute atomic E-state index is 12.4. The Morgan fingerprint density at radius 2 is 2.10 bits per heavy atom. The van der Waals surface area contributed by atoms with Crippen molar-refractivity contribution in [3.8, 4) is 0 Å². The molecule has 112 valence electrons. The van der Waals surface area contributed by atoms with Crippen molar-refractivity contribution >= 4 is 27.8 Å². The minimum absolute atomic E-state index is 0.0752. The summed E-state index contributed by atoms with van der Waals surface area (Å²) in [6, 6.07) is 1.66. The summed E-state index contributed by atoms with van der Waals surface area (Å²) >= 11 is 3.38. The molecule has 0 aromatic carbocycles. The molecule has 21 heavy (non-hydrogen) atoms. The third-order valence-corrected chi connectivity index (χ3v) is 4.63. The molecule has 0 radical (unpaired) electrons. The largest absolute Gasteiger partial charge is 0.481 e. The lowest BCUT2D eigenvalue weighted by atomic mass is 9.90. The van der Waals surface area contributed by atoms with Crippen LogP contribution < -0.4 is 0 Å². The predicted octanol–water partition coefficient (Wildman–Crippen LogP) is 2.76. The Kier molecular flexibility index (Phi) is 3.97. The summed E-state index contributed by atoms with van der Waals surface area (Å²) in [5, 5.41) is 9.60. The normalized spacial score (nSPS) is 26.5. The molecule has 2 aliphatic rings. The molecule has 1 saturated carbocycles. The van der Waals surface area contributed by atoms with Crippen LogP contribution in [0.1, 0.15) is 43.7 Å². The van der Waals surface area contributed by atoms with Crippen LogP contribution in [0.15, 0.2) is 22.9 Å². The molecule has 1 aliphatic heterocycles. The van der Waals surface area contributed by atoms with Gasteiger partial charge in [0.25, 0.3) is 0 Å². The van der Waals surface area contributed by atoms with Gasteiger partial charge in [0.05, 0.1) is 12.0 Å². The molecule has 0 spiro atoms. The van der Waals surface area contributed by atoms with Gasteiger partial charge >= 0.3 is 5.97 Å². The first-order valence-electron chi connectivity index (χ1n) is 7.22. The molecule has 1 aromatic heterocycles. The molecular weight excluding hydrogens is 336 g/mol. The number of pyridine rings is 1. The van der Waals surface area contributed by atoms with Crippen LogP contribution in [0.4, 0.5) is 0 Å². The van der Waals surface area contributed by atoms with Gasteiger partial charge in [0.2, 0.25) is 5.91 Å². The molecule has 1 saturated heterocycles. The van der Waals surface area contributed by atoms with E-state index < -0.39 is 17.9 Å². The molecule has 2 heterocycles. The number of likely N-dealkylation sites (tertiary alicyclic amines) is 1. The molecule has 3 rings (SSSR count). The minimum atomic E-state index is -0.833. The van der Waals surface area contributed by atoms with E-state index in [-0.39, 0.29) is 11.9 Å². The van der Waals surface area contributed by atoms with Crippen LogP contribution in [0.3, 0.4) is 0 Å². The van der Waals surface area contributed by atoms with E-state index in [0.717, 1.165) is 22.9 Å². The van der Waals surface area contributed by atoms with Crippen LogP contribution in [0.25, 0.3) is 0 Å². The average molecular weight is 353 g/mol. The first-order chi connectivity index (χ1) is 10.1. The minimum Gasteiger partial charge on any atom is -0.481 e. The van der Waals surface area contributed by atoms with Crippen molar-refractivity contribution in [2.24, 2.45) is 5.92 Å². The highest BCUT2D eigenvalue weighted by molar-refractivity contribution is 9.10. The number of aromatic nitrogens is 1. The van der Waals surface area contributed by atoms with E-state index in [9.17, 15) is 14.7 Å². The molecule has 1 amide bonds. The number of nitrogens with zero attached hydrogens (tertiary/aromatic N) is 2. The lowest BCUT2D eigenvalue weighted by Gasteiger charge is -2.34. The van der Waals surface area contributed by atoms with E-state index in [1.165, 1.54) is 0 Å². The number of amides is 1. The first-order valence-corrected chi connectivity index (χ1v) is 8.01. The predicted molar refractivity (Wildman–Crippen MR) is 79.5 cm³/mol. The van der Waals surface area contributed by atoms with Crippen molar-refractivity contribution in [3.63, 3.8) is 0 Å². The Hall–Kier alpha value is -1.43. The zero-order valence-electron chi connectivity index (χ0n) is 11.5. The van der Waals surface area contributed by atoms with Gasteiger partial charge in [-0.05, 0) is 53.2 Å². The fraction of sp³-hybridized carbons (Fsp3) is 0.533. The molecule has 1 N–H and O–H groups in total. The van der Waals surface area contributed by atoms with Crippen LogP contribution in [0, 0.1) is 5.92 Å². The topological polar surface area (TPSA) is 70.5 Å². The van der Waals surface area contributed by atoms with E-state index in [0.29, 0.717) is 19.3 Å². The summed E-state index contributed by atoms with van der Waals surface area (Å²) in [5.41, 5.74) is 0.805. The quantitative estimate of drug-likeness (QED) is 0.907. The van der Waals surface area contributed by atoms with E-state index in [1.807, 2.05) is 11.0 Å². The fourth-order valence-electron chi connectivity index (χ4n) is 3.13. The van der Waals surface area contributed by atoms with Crippen molar-refractivity contribution in [2.75, 3.05) is 0 Å². The van der Waals surface area contributed by atoms with Gasteiger partial charge in [-0.25, -0.2) is 0 Å². The molecule has 1 aliphatic carbocycles. The Morgan fingerprint density at radius 3 is 2.71 bits per heavy atom. The second-order valence-corrected chi connectivity index (χ2v) is 6.67. The number of rotatable bonds is 3. The summed E-state index contributed by atoms with van der Waals surface area (Å²) in [7, 11) is 0. The maximum atomic E-state index is 12.4. The van der Waals surface area contributed by atoms with E-state index in [1.54, 1.807) is 12.4 Å². The Bertz CT molecular complexity index is 574. The number of carbonyl (C=O) groups is 2. The van der Waals surface area contributed by atoms with Crippen LogP contribution in [-0.4, -0.2) is 32.9 Å². The summed E-state index contributed by atoms with van der Waals surface area (Å²) in [4.78, 5) is 30.1. The van der Waals surface area contributed by atoms with Gasteiger partial charge in [-0.3, -0.25) is 14.6 Å².